The second kappa shape index (κ2) is 4.35. The van der Waals surface area contributed by atoms with Crippen LogP contribution in [0.5, 0.6) is 0 Å². The number of ether oxygens (including phenoxy) is 1. The topological polar surface area (TPSA) is 49.8 Å². The lowest BCUT2D eigenvalue weighted by Gasteiger charge is -1.64. The molecule has 0 bridgehead atoms. The number of carboxylic acid groups (broad SMARTS) is 1. The summed E-state index contributed by atoms with van der Waals surface area (Å²) in [6.45, 7) is 3.71. The van der Waals surface area contributed by atoms with Gasteiger partial charge in [0, 0.05) is 6.08 Å². The van der Waals surface area contributed by atoms with Crippen LogP contribution in [0.15, 0.2) is 12.7 Å². The minimum atomic E-state index is -0.981. The molecular weight excluding hydrogens is 144 g/mol. The molecule has 0 aromatic heterocycles. The van der Waals surface area contributed by atoms with Gasteiger partial charge in [0.1, 0.15) is 0 Å². The van der Waals surface area contributed by atoms with Crippen molar-refractivity contribution in [1.82, 2.24) is 0 Å². The quantitative estimate of drug-likeness (QED) is 0.342. The molecule has 1 rings (SSSR count). The van der Waals surface area contributed by atoms with Crippen LogP contribution in [0, 0.1) is 0 Å². The first kappa shape index (κ1) is 8.46. The predicted molar refractivity (Wildman–Crippen MR) is 33.4 cm³/mol. The van der Waals surface area contributed by atoms with Gasteiger partial charge in [-0.2, -0.15) is 0 Å². The Labute approximate surface area is 57.9 Å². The largest absolute Gasteiger partial charge is 0.478 e. The molecule has 52 valence electrons. The van der Waals surface area contributed by atoms with Crippen LogP contribution in [0.3, 0.4) is 0 Å². The number of epoxide rings is 1. The molecule has 0 saturated carbocycles. The molecule has 1 heterocycles. The summed E-state index contributed by atoms with van der Waals surface area (Å²) in [5.41, 5.74) is 0.0556. The maximum Gasteiger partial charge on any atom is 0.327 e. The van der Waals surface area contributed by atoms with E-state index in [0.29, 0.717) is 0 Å². The molecule has 1 fully saturated rings. The highest BCUT2D eigenvalue weighted by Crippen LogP contribution is 2.11. The van der Waals surface area contributed by atoms with Crippen molar-refractivity contribution in [3.05, 3.63) is 12.7 Å². The van der Waals surface area contributed by atoms with E-state index in [1.807, 2.05) is 0 Å². The molecule has 0 aromatic carbocycles. The summed E-state index contributed by atoms with van der Waals surface area (Å²) in [5.74, 6) is -0.981. The van der Waals surface area contributed by atoms with Gasteiger partial charge in [0.25, 0.3) is 0 Å². The van der Waals surface area contributed by atoms with Gasteiger partial charge < -0.3 is 9.84 Å². The highest BCUT2D eigenvalue weighted by Gasteiger charge is 2.16. The summed E-state index contributed by atoms with van der Waals surface area (Å²) >= 11 is 5.16. The molecule has 9 heavy (non-hydrogen) atoms. The first-order valence-corrected chi connectivity index (χ1v) is 2.71. The van der Waals surface area contributed by atoms with Crippen LogP contribution in [0.4, 0.5) is 0 Å². The number of hydrogen-bond acceptors (Lipinski definition) is 2. The number of halogens is 1. The van der Waals surface area contributed by atoms with Crippen LogP contribution < -0.4 is 0 Å². The summed E-state index contributed by atoms with van der Waals surface area (Å²) < 4.78 is 4.47. The second-order valence-electron chi connectivity index (χ2n) is 1.29. The van der Waals surface area contributed by atoms with Crippen LogP contribution in [0.25, 0.3) is 0 Å². The molecular formula is C5H7ClO3. The Hall–Kier alpha value is -0.540. The van der Waals surface area contributed by atoms with E-state index in [0.717, 1.165) is 12.7 Å². The molecule has 0 aromatic rings. The molecule has 1 unspecified atom stereocenters. The summed E-state index contributed by atoms with van der Waals surface area (Å²) in [4.78, 5) is 9.25. The van der Waals surface area contributed by atoms with Crippen LogP contribution in [0.1, 0.15) is 0 Å². The molecule has 4 heteroatoms. The van der Waals surface area contributed by atoms with Gasteiger partial charge in [0.15, 0.2) is 5.56 Å². The third-order valence-electron chi connectivity index (χ3n) is 0.467. The van der Waals surface area contributed by atoms with Gasteiger partial charge in [0.2, 0.25) is 0 Å². The lowest BCUT2D eigenvalue weighted by Crippen LogP contribution is -1.82. The molecule has 1 atom stereocenters. The fourth-order valence-electron chi connectivity index (χ4n) is 0.0364. The Morgan fingerprint density at radius 3 is 2.22 bits per heavy atom. The van der Waals surface area contributed by atoms with Crippen LogP contribution in [-0.2, 0) is 9.53 Å². The van der Waals surface area contributed by atoms with Gasteiger partial charge in [0.05, 0.1) is 6.61 Å². The molecule has 0 aliphatic carbocycles. The van der Waals surface area contributed by atoms with Crippen molar-refractivity contribution in [2.45, 2.75) is 5.56 Å². The van der Waals surface area contributed by atoms with Gasteiger partial charge in [-0.25, -0.2) is 4.79 Å². The minimum absolute atomic E-state index is 0.0556. The maximum absolute atomic E-state index is 9.25. The molecule has 1 N–H and O–H groups in total. The lowest BCUT2D eigenvalue weighted by molar-refractivity contribution is -0.131. The maximum atomic E-state index is 9.25. The molecule has 3 nitrogen and oxygen atoms in total. The molecule has 0 amide bonds. The van der Waals surface area contributed by atoms with E-state index >= 15 is 0 Å². The first-order valence-electron chi connectivity index (χ1n) is 2.28. The highest BCUT2D eigenvalue weighted by molar-refractivity contribution is 6.21. The summed E-state index contributed by atoms with van der Waals surface area (Å²) in [5, 5.41) is 7.60. The van der Waals surface area contributed by atoms with Gasteiger partial charge in [-0.1, -0.05) is 18.2 Å². The monoisotopic (exact) mass is 150 g/mol. The number of rotatable bonds is 1. The van der Waals surface area contributed by atoms with Crippen molar-refractivity contribution in [2.75, 3.05) is 6.61 Å². The normalized spacial score (nSPS) is 21.2. The van der Waals surface area contributed by atoms with E-state index in [1.54, 1.807) is 0 Å². The third-order valence-corrected chi connectivity index (χ3v) is 0.719. The Balaban J connectivity index is 0.000000144. The van der Waals surface area contributed by atoms with Gasteiger partial charge in [-0.05, 0) is 0 Å². The highest BCUT2D eigenvalue weighted by atomic mass is 35.5. The van der Waals surface area contributed by atoms with E-state index in [4.69, 9.17) is 16.7 Å². The standard InChI is InChI=1S/C3H4O2.C2H3ClO/c1-2-3(4)5;3-2-1-4-2/h2H,1H2,(H,4,5);2H,1H2. The Bertz CT molecular complexity index is 109. The van der Waals surface area contributed by atoms with Crippen molar-refractivity contribution in [3.63, 3.8) is 0 Å². The molecule has 0 spiro atoms. The number of carboxylic acids is 1. The zero-order valence-electron chi connectivity index (χ0n) is 4.71. The summed E-state index contributed by atoms with van der Waals surface area (Å²) in [6.07, 6.45) is 0.833. The van der Waals surface area contributed by atoms with E-state index in [9.17, 15) is 4.79 Å². The Morgan fingerprint density at radius 2 is 2.22 bits per heavy atom. The van der Waals surface area contributed by atoms with Gasteiger partial charge >= 0.3 is 5.97 Å². The van der Waals surface area contributed by atoms with Gasteiger partial charge in [-0.15, -0.1) is 0 Å². The van der Waals surface area contributed by atoms with Crippen molar-refractivity contribution >= 4 is 17.6 Å². The summed E-state index contributed by atoms with van der Waals surface area (Å²) in [6, 6.07) is 0. The van der Waals surface area contributed by atoms with Gasteiger partial charge in [-0.3, -0.25) is 0 Å². The van der Waals surface area contributed by atoms with E-state index < -0.39 is 5.97 Å². The number of aliphatic carboxylic acids is 1. The average molecular weight is 151 g/mol. The smallest absolute Gasteiger partial charge is 0.327 e. The first-order chi connectivity index (χ1) is 4.16. The van der Waals surface area contributed by atoms with E-state index in [1.165, 1.54) is 0 Å². The summed E-state index contributed by atoms with van der Waals surface area (Å²) in [7, 11) is 0. The molecule has 1 aliphatic heterocycles. The van der Waals surface area contributed by atoms with Crippen molar-refractivity contribution in [3.8, 4) is 0 Å². The van der Waals surface area contributed by atoms with Crippen LogP contribution >= 0.6 is 11.6 Å². The number of hydrogen-bond donors (Lipinski definition) is 1. The average Bonchev–Trinajstić information content (AvgIpc) is 2.53. The fraction of sp³-hybridized carbons (Fsp3) is 0.400. The lowest BCUT2D eigenvalue weighted by atomic mass is 10.7. The van der Waals surface area contributed by atoms with Crippen LogP contribution in [-0.4, -0.2) is 23.2 Å². The SMILES string of the molecule is C=CC(=O)O.ClC1CO1. The van der Waals surface area contributed by atoms with Crippen molar-refractivity contribution < 1.29 is 14.6 Å². The zero-order chi connectivity index (χ0) is 7.28. The fourth-order valence-corrected chi connectivity index (χ4v) is 0.109. The minimum Gasteiger partial charge on any atom is -0.478 e. The van der Waals surface area contributed by atoms with E-state index in [2.05, 4.69) is 11.3 Å². The Kier molecular flexibility index (Phi) is 4.09. The van der Waals surface area contributed by atoms with Crippen molar-refractivity contribution in [1.29, 1.82) is 0 Å². The third kappa shape index (κ3) is 11.2. The number of alkyl halides is 1. The van der Waals surface area contributed by atoms with E-state index in [-0.39, 0.29) is 5.56 Å². The number of carbonyl (C=O) groups is 1. The van der Waals surface area contributed by atoms with Crippen molar-refractivity contribution in [2.24, 2.45) is 0 Å². The van der Waals surface area contributed by atoms with Crippen LogP contribution in [0.2, 0.25) is 0 Å². The molecule has 1 saturated heterocycles. The Morgan fingerprint density at radius 1 is 2.00 bits per heavy atom. The molecule has 1 aliphatic rings. The molecule has 0 radical (unpaired) electrons. The predicted octanol–water partition coefficient (Wildman–Crippen LogP) is 0.839. The zero-order valence-corrected chi connectivity index (χ0v) is 5.47. The second-order valence-corrected chi connectivity index (χ2v) is 1.77.